The van der Waals surface area contributed by atoms with E-state index in [2.05, 4.69) is 17.3 Å². The average molecular weight is 287 g/mol. The predicted molar refractivity (Wildman–Crippen MR) is 84.0 cm³/mol. The normalized spacial score (nSPS) is 29.3. The van der Waals surface area contributed by atoms with Crippen LogP contribution in [0.1, 0.15) is 48.0 Å². The summed E-state index contributed by atoms with van der Waals surface area (Å²) in [4.78, 5) is 14.0. The maximum Gasteiger partial charge on any atom is 0.249 e. The number of nitrogens with one attached hydrogen (secondary N) is 1. The van der Waals surface area contributed by atoms with Crippen molar-refractivity contribution in [1.82, 2.24) is 10.2 Å². The SMILES string of the molecule is CN1C2CCCC1CC(NCc1ccccc1C(N)=O)C2. The van der Waals surface area contributed by atoms with Crippen molar-refractivity contribution in [3.8, 4) is 0 Å². The van der Waals surface area contributed by atoms with Gasteiger partial charge in [-0.2, -0.15) is 0 Å². The highest BCUT2D eigenvalue weighted by molar-refractivity contribution is 5.94. The first-order valence-electron chi connectivity index (χ1n) is 7.98. The molecule has 0 radical (unpaired) electrons. The lowest BCUT2D eigenvalue weighted by Gasteiger charge is -2.47. The van der Waals surface area contributed by atoms with Gasteiger partial charge in [-0.05, 0) is 44.4 Å². The standard InChI is InChI=1S/C17H25N3O/c1-20-14-6-4-7-15(20)10-13(9-14)19-11-12-5-2-3-8-16(12)17(18)21/h2-3,5,8,13-15,19H,4,6-7,9-11H2,1H3,(H2,18,21). The highest BCUT2D eigenvalue weighted by Crippen LogP contribution is 2.32. The summed E-state index contributed by atoms with van der Waals surface area (Å²) in [5.41, 5.74) is 7.09. The minimum Gasteiger partial charge on any atom is -0.366 e. The van der Waals surface area contributed by atoms with Crippen LogP contribution in [0.3, 0.4) is 0 Å². The zero-order valence-corrected chi connectivity index (χ0v) is 12.7. The Bertz CT molecular complexity index is 503. The molecule has 2 heterocycles. The summed E-state index contributed by atoms with van der Waals surface area (Å²) < 4.78 is 0. The number of rotatable bonds is 4. The minimum absolute atomic E-state index is 0.340. The van der Waals surface area contributed by atoms with Gasteiger partial charge in [-0.3, -0.25) is 4.79 Å². The maximum absolute atomic E-state index is 11.5. The van der Waals surface area contributed by atoms with Crippen LogP contribution in [0.4, 0.5) is 0 Å². The quantitative estimate of drug-likeness (QED) is 0.889. The van der Waals surface area contributed by atoms with Crippen molar-refractivity contribution in [2.45, 2.75) is 56.8 Å². The van der Waals surface area contributed by atoms with Gasteiger partial charge in [-0.25, -0.2) is 0 Å². The van der Waals surface area contributed by atoms with Crippen LogP contribution < -0.4 is 11.1 Å². The summed E-state index contributed by atoms with van der Waals surface area (Å²) in [6.07, 6.45) is 6.44. The van der Waals surface area contributed by atoms with Crippen molar-refractivity contribution in [2.75, 3.05) is 7.05 Å². The topological polar surface area (TPSA) is 58.4 Å². The number of hydrogen-bond donors (Lipinski definition) is 2. The fourth-order valence-electron chi connectivity index (χ4n) is 3.95. The van der Waals surface area contributed by atoms with Crippen LogP contribution in [-0.2, 0) is 6.54 Å². The van der Waals surface area contributed by atoms with E-state index >= 15 is 0 Å². The molecule has 2 atom stereocenters. The number of fused-ring (bicyclic) bond motifs is 2. The van der Waals surface area contributed by atoms with Gasteiger partial charge in [-0.15, -0.1) is 0 Å². The average Bonchev–Trinajstić information content (AvgIpc) is 2.45. The van der Waals surface area contributed by atoms with Crippen LogP contribution in [0.25, 0.3) is 0 Å². The molecule has 2 bridgehead atoms. The van der Waals surface area contributed by atoms with Gasteiger partial charge in [0, 0.05) is 30.2 Å². The fraction of sp³-hybridized carbons (Fsp3) is 0.588. The third kappa shape index (κ3) is 3.11. The van der Waals surface area contributed by atoms with E-state index in [9.17, 15) is 4.79 Å². The molecule has 1 amide bonds. The van der Waals surface area contributed by atoms with E-state index in [0.717, 1.165) is 24.2 Å². The van der Waals surface area contributed by atoms with Gasteiger partial charge in [0.2, 0.25) is 5.91 Å². The number of benzene rings is 1. The number of hydrogen-bond acceptors (Lipinski definition) is 3. The molecule has 3 N–H and O–H groups in total. The Morgan fingerprint density at radius 1 is 1.29 bits per heavy atom. The predicted octanol–water partition coefficient (Wildman–Crippen LogP) is 1.89. The van der Waals surface area contributed by atoms with Crippen LogP contribution in [0.15, 0.2) is 24.3 Å². The molecule has 2 saturated heterocycles. The van der Waals surface area contributed by atoms with Gasteiger partial charge in [0.1, 0.15) is 0 Å². The molecule has 21 heavy (non-hydrogen) atoms. The molecule has 0 aromatic heterocycles. The van der Waals surface area contributed by atoms with Crippen LogP contribution in [-0.4, -0.2) is 36.0 Å². The van der Waals surface area contributed by atoms with Gasteiger partial charge in [0.05, 0.1) is 0 Å². The van der Waals surface area contributed by atoms with Crippen molar-refractivity contribution < 1.29 is 4.79 Å². The van der Waals surface area contributed by atoms with E-state index < -0.39 is 0 Å². The van der Waals surface area contributed by atoms with E-state index in [1.165, 1.54) is 32.1 Å². The number of carbonyl (C=O) groups excluding carboxylic acids is 1. The second kappa shape index (κ2) is 6.16. The van der Waals surface area contributed by atoms with Crippen LogP contribution >= 0.6 is 0 Å². The smallest absolute Gasteiger partial charge is 0.249 e. The Morgan fingerprint density at radius 3 is 2.62 bits per heavy atom. The molecule has 3 rings (SSSR count). The Labute approximate surface area is 126 Å². The van der Waals surface area contributed by atoms with Gasteiger partial charge in [-0.1, -0.05) is 24.6 Å². The number of nitrogens with zero attached hydrogens (tertiary/aromatic N) is 1. The number of amides is 1. The van der Waals surface area contributed by atoms with Crippen molar-refractivity contribution in [3.63, 3.8) is 0 Å². The van der Waals surface area contributed by atoms with Crippen molar-refractivity contribution >= 4 is 5.91 Å². The summed E-state index contributed by atoms with van der Waals surface area (Å²) in [7, 11) is 2.27. The van der Waals surface area contributed by atoms with E-state index in [1.54, 1.807) is 0 Å². The molecular weight excluding hydrogens is 262 g/mol. The van der Waals surface area contributed by atoms with E-state index in [-0.39, 0.29) is 5.91 Å². The third-order valence-electron chi connectivity index (χ3n) is 5.20. The Kier molecular flexibility index (Phi) is 4.27. The molecule has 2 unspecified atom stereocenters. The van der Waals surface area contributed by atoms with Crippen LogP contribution in [0.2, 0.25) is 0 Å². The summed E-state index contributed by atoms with van der Waals surface area (Å²) in [6.45, 7) is 0.729. The van der Waals surface area contributed by atoms with Crippen molar-refractivity contribution in [3.05, 3.63) is 35.4 Å². The molecule has 4 heteroatoms. The lowest BCUT2D eigenvalue weighted by atomic mass is 9.82. The zero-order chi connectivity index (χ0) is 14.8. The highest BCUT2D eigenvalue weighted by Gasteiger charge is 2.35. The van der Waals surface area contributed by atoms with Gasteiger partial charge < -0.3 is 16.0 Å². The Hall–Kier alpha value is -1.39. The van der Waals surface area contributed by atoms with E-state index in [1.807, 2.05) is 24.3 Å². The van der Waals surface area contributed by atoms with Gasteiger partial charge in [0.15, 0.2) is 0 Å². The fourth-order valence-corrected chi connectivity index (χ4v) is 3.95. The largest absolute Gasteiger partial charge is 0.366 e. The molecule has 2 aliphatic heterocycles. The second-order valence-corrected chi connectivity index (χ2v) is 6.47. The summed E-state index contributed by atoms with van der Waals surface area (Å²) in [6, 6.07) is 9.63. The monoisotopic (exact) mass is 287 g/mol. The first-order valence-corrected chi connectivity index (χ1v) is 7.98. The molecule has 0 aliphatic carbocycles. The van der Waals surface area contributed by atoms with Crippen molar-refractivity contribution in [1.29, 1.82) is 0 Å². The highest BCUT2D eigenvalue weighted by atomic mass is 16.1. The number of piperidine rings is 2. The molecular formula is C17H25N3O. The Balaban J connectivity index is 1.62. The van der Waals surface area contributed by atoms with Crippen LogP contribution in [0.5, 0.6) is 0 Å². The lowest BCUT2D eigenvalue weighted by molar-refractivity contribution is 0.0482. The van der Waals surface area contributed by atoms with Gasteiger partial charge in [0.25, 0.3) is 0 Å². The second-order valence-electron chi connectivity index (χ2n) is 6.47. The lowest BCUT2D eigenvalue weighted by Crippen LogP contribution is -2.54. The molecule has 0 spiro atoms. The van der Waals surface area contributed by atoms with Crippen LogP contribution in [0, 0.1) is 0 Å². The zero-order valence-electron chi connectivity index (χ0n) is 12.7. The molecule has 2 aliphatic rings. The summed E-state index contributed by atoms with van der Waals surface area (Å²) >= 11 is 0. The number of carbonyl (C=O) groups is 1. The Morgan fingerprint density at radius 2 is 1.95 bits per heavy atom. The molecule has 4 nitrogen and oxygen atoms in total. The number of primary amides is 1. The molecule has 1 aromatic rings. The maximum atomic E-state index is 11.5. The molecule has 0 saturated carbocycles. The van der Waals surface area contributed by atoms with E-state index in [4.69, 9.17) is 5.73 Å². The number of nitrogens with two attached hydrogens (primary N) is 1. The van der Waals surface area contributed by atoms with Crippen molar-refractivity contribution in [2.24, 2.45) is 5.73 Å². The first-order chi connectivity index (χ1) is 10.1. The minimum atomic E-state index is -0.340. The molecule has 1 aromatic carbocycles. The first kappa shape index (κ1) is 14.5. The molecule has 114 valence electrons. The van der Waals surface area contributed by atoms with Gasteiger partial charge >= 0.3 is 0 Å². The van der Waals surface area contributed by atoms with E-state index in [0.29, 0.717) is 11.6 Å². The summed E-state index contributed by atoms with van der Waals surface area (Å²) in [5.74, 6) is -0.340. The molecule has 2 fully saturated rings. The summed E-state index contributed by atoms with van der Waals surface area (Å²) in [5, 5.41) is 3.65. The third-order valence-corrected chi connectivity index (χ3v) is 5.20.